The summed E-state index contributed by atoms with van der Waals surface area (Å²) >= 11 is 3.31. The van der Waals surface area contributed by atoms with Gasteiger partial charge in [-0.15, -0.1) is 0 Å². The fourth-order valence-corrected chi connectivity index (χ4v) is 2.12. The number of rotatable bonds is 6. The molecule has 0 unspecified atom stereocenters. The van der Waals surface area contributed by atoms with Gasteiger partial charge in [-0.25, -0.2) is 4.98 Å². The van der Waals surface area contributed by atoms with Crippen LogP contribution < -0.4 is 4.74 Å². The third kappa shape index (κ3) is 4.61. The molecule has 5 heteroatoms. The molecule has 112 valence electrons. The van der Waals surface area contributed by atoms with Crippen LogP contribution in [0.15, 0.2) is 47.3 Å². The summed E-state index contributed by atoms with van der Waals surface area (Å²) in [5.41, 5.74) is 2.44. The van der Waals surface area contributed by atoms with E-state index < -0.39 is 0 Å². The third-order valence-electron chi connectivity index (χ3n) is 2.85. The van der Waals surface area contributed by atoms with Crippen LogP contribution in [-0.4, -0.2) is 11.6 Å². The van der Waals surface area contributed by atoms with E-state index in [4.69, 9.17) is 14.7 Å². The predicted octanol–water partition coefficient (Wildman–Crippen LogP) is 4.30. The Labute approximate surface area is 138 Å². The molecule has 0 bridgehead atoms. The van der Waals surface area contributed by atoms with Crippen LogP contribution in [0, 0.1) is 11.3 Å². The lowest BCUT2D eigenvalue weighted by atomic mass is 10.0. The van der Waals surface area contributed by atoms with Crippen LogP contribution in [0.3, 0.4) is 0 Å². The molecule has 0 aliphatic heterocycles. The minimum absolute atomic E-state index is 0.362. The lowest BCUT2D eigenvalue weighted by Gasteiger charge is -2.09. The summed E-state index contributed by atoms with van der Waals surface area (Å²) in [6, 6.07) is 13.1. The van der Waals surface area contributed by atoms with E-state index in [9.17, 15) is 0 Å². The number of nitriles is 1. The molecule has 0 atom stereocenters. The first kappa shape index (κ1) is 16.1. The van der Waals surface area contributed by atoms with Crippen LogP contribution in [0.5, 0.6) is 5.88 Å². The standard InChI is InChI=1S/C17H15BrN2O2/c1-2-21-9-8-14-10-13(11-19)6-7-15(14)12-22-17-5-3-4-16(18)20-17/h3-10H,2,12H2,1H3/b9-8+. The van der Waals surface area contributed by atoms with Crippen LogP contribution in [0.1, 0.15) is 23.6 Å². The minimum Gasteiger partial charge on any atom is -0.501 e. The van der Waals surface area contributed by atoms with Crippen LogP contribution in [0.4, 0.5) is 0 Å². The summed E-state index contributed by atoms with van der Waals surface area (Å²) in [5.74, 6) is 0.540. The highest BCUT2D eigenvalue weighted by Gasteiger charge is 2.04. The summed E-state index contributed by atoms with van der Waals surface area (Å²) in [6.45, 7) is 2.88. The van der Waals surface area contributed by atoms with Crippen LogP contribution in [0.2, 0.25) is 0 Å². The molecule has 4 nitrogen and oxygen atoms in total. The molecule has 0 aliphatic rings. The van der Waals surface area contributed by atoms with Gasteiger partial charge in [-0.2, -0.15) is 5.26 Å². The molecule has 1 aromatic carbocycles. The molecule has 0 fully saturated rings. The van der Waals surface area contributed by atoms with Crippen LogP contribution in [-0.2, 0) is 11.3 Å². The predicted molar refractivity (Wildman–Crippen MR) is 88.1 cm³/mol. The molecule has 0 N–H and O–H groups in total. The second-order valence-electron chi connectivity index (χ2n) is 4.37. The van der Waals surface area contributed by atoms with Crippen LogP contribution in [0.25, 0.3) is 6.08 Å². The van der Waals surface area contributed by atoms with Gasteiger partial charge >= 0.3 is 0 Å². The Morgan fingerprint density at radius 2 is 2.18 bits per heavy atom. The Morgan fingerprint density at radius 1 is 1.32 bits per heavy atom. The van der Waals surface area contributed by atoms with Gasteiger partial charge in [-0.1, -0.05) is 12.1 Å². The molecule has 2 rings (SSSR count). The van der Waals surface area contributed by atoms with Gasteiger partial charge in [0.05, 0.1) is 24.5 Å². The maximum atomic E-state index is 9.01. The maximum absolute atomic E-state index is 9.01. The average molecular weight is 359 g/mol. The smallest absolute Gasteiger partial charge is 0.214 e. The third-order valence-corrected chi connectivity index (χ3v) is 3.29. The lowest BCUT2D eigenvalue weighted by Crippen LogP contribution is -2.00. The van der Waals surface area contributed by atoms with E-state index in [0.717, 1.165) is 15.7 Å². The highest BCUT2D eigenvalue weighted by molar-refractivity contribution is 9.10. The van der Waals surface area contributed by atoms with Gasteiger partial charge in [0.25, 0.3) is 0 Å². The Morgan fingerprint density at radius 3 is 2.91 bits per heavy atom. The van der Waals surface area contributed by atoms with Crippen molar-refractivity contribution in [3.05, 3.63) is 64.0 Å². The van der Waals surface area contributed by atoms with Crippen molar-refractivity contribution in [3.8, 4) is 11.9 Å². The van der Waals surface area contributed by atoms with E-state index in [0.29, 0.717) is 24.7 Å². The average Bonchev–Trinajstić information content (AvgIpc) is 2.54. The Kier molecular flexibility index (Phi) is 5.99. The zero-order valence-corrected chi connectivity index (χ0v) is 13.7. The van der Waals surface area contributed by atoms with Crippen molar-refractivity contribution in [3.63, 3.8) is 0 Å². The first-order chi connectivity index (χ1) is 10.7. The largest absolute Gasteiger partial charge is 0.501 e. The summed E-state index contributed by atoms with van der Waals surface area (Å²) in [6.07, 6.45) is 3.45. The van der Waals surface area contributed by atoms with Crippen molar-refractivity contribution < 1.29 is 9.47 Å². The van der Waals surface area contributed by atoms with Crippen molar-refractivity contribution in [2.24, 2.45) is 0 Å². The van der Waals surface area contributed by atoms with E-state index in [-0.39, 0.29) is 0 Å². The highest BCUT2D eigenvalue weighted by atomic mass is 79.9. The monoisotopic (exact) mass is 358 g/mol. The number of aromatic nitrogens is 1. The first-order valence-electron chi connectivity index (χ1n) is 6.79. The fraction of sp³-hybridized carbons (Fsp3) is 0.176. The minimum atomic E-state index is 0.362. The maximum Gasteiger partial charge on any atom is 0.214 e. The molecule has 0 saturated heterocycles. The SMILES string of the molecule is CCO/C=C/c1cc(C#N)ccc1COc1cccc(Br)n1. The van der Waals surface area contributed by atoms with Crippen molar-refractivity contribution in [1.82, 2.24) is 4.98 Å². The molecule has 1 aromatic heterocycles. The number of hydrogen-bond donors (Lipinski definition) is 0. The van der Waals surface area contributed by atoms with Crippen molar-refractivity contribution in [1.29, 1.82) is 5.26 Å². The van der Waals surface area contributed by atoms with Gasteiger partial charge < -0.3 is 9.47 Å². The van der Waals surface area contributed by atoms with Gasteiger partial charge in [-0.05, 0) is 58.3 Å². The number of hydrogen-bond acceptors (Lipinski definition) is 4. The zero-order valence-electron chi connectivity index (χ0n) is 12.1. The lowest BCUT2D eigenvalue weighted by molar-refractivity contribution is 0.272. The highest BCUT2D eigenvalue weighted by Crippen LogP contribution is 2.18. The van der Waals surface area contributed by atoms with E-state index in [1.807, 2.05) is 37.3 Å². The van der Waals surface area contributed by atoms with Crippen molar-refractivity contribution in [2.45, 2.75) is 13.5 Å². The number of halogens is 1. The molecule has 1 heterocycles. The number of nitrogens with zero attached hydrogens (tertiary/aromatic N) is 2. The fourth-order valence-electron chi connectivity index (χ4n) is 1.79. The number of pyridine rings is 1. The quantitative estimate of drug-likeness (QED) is 0.570. The molecular weight excluding hydrogens is 344 g/mol. The molecule has 2 aromatic rings. The second-order valence-corrected chi connectivity index (χ2v) is 5.18. The second kappa shape index (κ2) is 8.20. The van der Waals surface area contributed by atoms with Gasteiger partial charge in [0.1, 0.15) is 11.2 Å². The first-order valence-corrected chi connectivity index (χ1v) is 7.58. The van der Waals surface area contributed by atoms with Gasteiger partial charge in [0.2, 0.25) is 5.88 Å². The summed E-state index contributed by atoms with van der Waals surface area (Å²) in [4.78, 5) is 4.23. The Balaban J connectivity index is 2.17. The summed E-state index contributed by atoms with van der Waals surface area (Å²) in [5, 5.41) is 9.01. The van der Waals surface area contributed by atoms with Gasteiger partial charge in [-0.3, -0.25) is 0 Å². The zero-order chi connectivity index (χ0) is 15.8. The molecule has 0 radical (unpaired) electrons. The van der Waals surface area contributed by atoms with E-state index in [1.165, 1.54) is 0 Å². The Bertz CT molecular complexity index is 708. The molecule has 0 saturated carbocycles. The molecule has 0 aliphatic carbocycles. The van der Waals surface area contributed by atoms with E-state index >= 15 is 0 Å². The van der Waals surface area contributed by atoms with Crippen LogP contribution >= 0.6 is 15.9 Å². The molecular formula is C17H15BrN2O2. The normalized spacial score (nSPS) is 10.4. The summed E-state index contributed by atoms with van der Waals surface area (Å²) in [7, 11) is 0. The van der Waals surface area contributed by atoms with Crippen molar-refractivity contribution in [2.75, 3.05) is 6.61 Å². The van der Waals surface area contributed by atoms with E-state index in [1.54, 1.807) is 18.4 Å². The number of benzene rings is 1. The molecule has 0 spiro atoms. The van der Waals surface area contributed by atoms with Gasteiger partial charge in [0.15, 0.2) is 0 Å². The topological polar surface area (TPSA) is 55.1 Å². The van der Waals surface area contributed by atoms with E-state index in [2.05, 4.69) is 27.0 Å². The molecule has 22 heavy (non-hydrogen) atoms. The number of ether oxygens (including phenoxy) is 2. The van der Waals surface area contributed by atoms with Gasteiger partial charge in [0, 0.05) is 6.07 Å². The van der Waals surface area contributed by atoms with Crippen molar-refractivity contribution >= 4 is 22.0 Å². The summed E-state index contributed by atoms with van der Waals surface area (Å²) < 4.78 is 11.6. The molecule has 0 amide bonds. The Hall–Kier alpha value is -2.32.